The maximum Gasteiger partial charge on any atom is 0.306 e. The normalized spacial score (nSPS) is 12.3. The molecule has 0 N–H and O–H groups in total. The lowest BCUT2D eigenvalue weighted by molar-refractivity contribution is -0.167. The van der Waals surface area contributed by atoms with Crippen LogP contribution in [0.15, 0.2) is 48.6 Å². The molecule has 0 aromatic rings. The number of hydrogen-bond donors (Lipinski definition) is 0. The molecule has 0 aromatic heterocycles. The van der Waals surface area contributed by atoms with E-state index in [4.69, 9.17) is 14.2 Å². The molecular weight excluding hydrogens is 985 g/mol. The second-order valence-corrected chi connectivity index (χ2v) is 24.1. The second-order valence-electron chi connectivity index (χ2n) is 24.1. The molecule has 0 heterocycles. The Hall–Kier alpha value is -2.63. The van der Waals surface area contributed by atoms with Gasteiger partial charge in [0.05, 0.1) is 0 Å². The highest BCUT2D eigenvalue weighted by Crippen LogP contribution is 2.19. The Morgan fingerprint density at radius 3 is 0.762 bits per heavy atom. The van der Waals surface area contributed by atoms with E-state index in [0.717, 1.165) is 83.5 Å². The van der Waals surface area contributed by atoms with Crippen LogP contribution in [0.3, 0.4) is 0 Å². The van der Waals surface area contributed by atoms with Crippen LogP contribution in [0.5, 0.6) is 0 Å². The van der Waals surface area contributed by atoms with Gasteiger partial charge < -0.3 is 14.2 Å². The molecule has 0 aliphatic rings. The van der Waals surface area contributed by atoms with Gasteiger partial charge in [-0.05, 0) is 57.8 Å². The topological polar surface area (TPSA) is 78.9 Å². The van der Waals surface area contributed by atoms with Crippen LogP contribution in [-0.2, 0) is 28.6 Å². The molecule has 6 nitrogen and oxygen atoms in total. The summed E-state index contributed by atoms with van der Waals surface area (Å²) in [4.78, 5) is 38.3. The fourth-order valence-corrected chi connectivity index (χ4v) is 10.8. The number of ether oxygens (including phenoxy) is 3. The van der Waals surface area contributed by atoms with Crippen LogP contribution in [0.4, 0.5) is 0 Å². The first kappa shape index (κ1) is 77.4. The first-order valence-corrected chi connectivity index (χ1v) is 35.6. The zero-order chi connectivity index (χ0) is 57.8. The average Bonchev–Trinajstić information content (AvgIpc) is 3.46. The minimum atomic E-state index is -0.773. The van der Waals surface area contributed by atoms with E-state index in [9.17, 15) is 14.4 Å². The van der Waals surface area contributed by atoms with Gasteiger partial charge in [-0.15, -0.1) is 0 Å². The first-order chi connectivity index (χ1) is 39.5. The summed E-state index contributed by atoms with van der Waals surface area (Å²) >= 11 is 0. The fourth-order valence-electron chi connectivity index (χ4n) is 10.8. The van der Waals surface area contributed by atoms with Gasteiger partial charge >= 0.3 is 17.9 Å². The third-order valence-corrected chi connectivity index (χ3v) is 16.1. The molecule has 0 fully saturated rings. The van der Waals surface area contributed by atoms with Gasteiger partial charge in [0.2, 0.25) is 0 Å². The van der Waals surface area contributed by atoms with Gasteiger partial charge in [0, 0.05) is 19.3 Å². The van der Waals surface area contributed by atoms with Crippen molar-refractivity contribution in [1.29, 1.82) is 0 Å². The van der Waals surface area contributed by atoms with E-state index in [1.807, 2.05) is 0 Å². The molecule has 80 heavy (non-hydrogen) atoms. The zero-order valence-corrected chi connectivity index (χ0v) is 53.9. The lowest BCUT2D eigenvalue weighted by Gasteiger charge is -2.18. The second kappa shape index (κ2) is 68.9. The monoisotopic (exact) mass is 1120 g/mol. The molecule has 0 rings (SSSR count). The molecule has 0 bridgehead atoms. The summed E-state index contributed by atoms with van der Waals surface area (Å²) in [5.74, 6) is -0.850. The molecule has 0 aromatic carbocycles. The van der Waals surface area contributed by atoms with E-state index in [0.29, 0.717) is 19.3 Å². The molecule has 0 amide bonds. The summed E-state index contributed by atoms with van der Waals surface area (Å²) in [6.45, 7) is 6.58. The van der Waals surface area contributed by atoms with Crippen molar-refractivity contribution in [2.75, 3.05) is 13.2 Å². The Morgan fingerprint density at radius 2 is 0.487 bits per heavy atom. The molecule has 0 aliphatic carbocycles. The highest BCUT2D eigenvalue weighted by Gasteiger charge is 2.19. The molecule has 0 spiro atoms. The molecule has 0 radical (unpaired) electrons. The van der Waals surface area contributed by atoms with E-state index in [-0.39, 0.29) is 31.1 Å². The van der Waals surface area contributed by atoms with Crippen LogP contribution >= 0.6 is 0 Å². The fraction of sp³-hybridized carbons (Fsp3) is 0.851. The van der Waals surface area contributed by atoms with E-state index < -0.39 is 6.10 Å². The van der Waals surface area contributed by atoms with Crippen LogP contribution < -0.4 is 0 Å². The van der Waals surface area contributed by atoms with E-state index in [2.05, 4.69) is 69.4 Å². The molecule has 0 saturated heterocycles. The lowest BCUT2D eigenvalue weighted by atomic mass is 10.0. The molecule has 0 saturated carbocycles. The van der Waals surface area contributed by atoms with Crippen molar-refractivity contribution in [3.63, 3.8) is 0 Å². The number of unbranched alkanes of at least 4 members (excludes halogenated alkanes) is 47. The number of rotatable bonds is 66. The molecular formula is C74H136O6. The summed E-state index contributed by atoms with van der Waals surface area (Å²) in [5.41, 5.74) is 0. The highest BCUT2D eigenvalue weighted by atomic mass is 16.6. The van der Waals surface area contributed by atoms with Gasteiger partial charge in [-0.1, -0.05) is 358 Å². The minimum Gasteiger partial charge on any atom is -0.462 e. The van der Waals surface area contributed by atoms with Crippen molar-refractivity contribution in [2.45, 2.75) is 393 Å². The van der Waals surface area contributed by atoms with E-state index >= 15 is 0 Å². The zero-order valence-electron chi connectivity index (χ0n) is 53.9. The number of esters is 3. The lowest BCUT2D eigenvalue weighted by Crippen LogP contribution is -2.30. The van der Waals surface area contributed by atoms with Crippen molar-refractivity contribution in [3.8, 4) is 0 Å². The molecule has 6 heteroatoms. The summed E-state index contributed by atoms with van der Waals surface area (Å²) in [5, 5.41) is 0. The highest BCUT2D eigenvalue weighted by molar-refractivity contribution is 5.71. The largest absolute Gasteiger partial charge is 0.462 e. The number of hydrogen-bond acceptors (Lipinski definition) is 6. The predicted octanol–water partition coefficient (Wildman–Crippen LogP) is 24.5. The van der Waals surface area contributed by atoms with Crippen molar-refractivity contribution in [3.05, 3.63) is 48.6 Å². The maximum absolute atomic E-state index is 12.9. The van der Waals surface area contributed by atoms with Crippen molar-refractivity contribution < 1.29 is 28.6 Å². The number of allylic oxidation sites excluding steroid dienone is 8. The average molecular weight is 1120 g/mol. The van der Waals surface area contributed by atoms with Gasteiger partial charge in [0.1, 0.15) is 13.2 Å². The Labute approximate surface area is 498 Å². The summed E-state index contributed by atoms with van der Waals surface area (Å²) in [7, 11) is 0. The quantitative estimate of drug-likeness (QED) is 0.0261. The Morgan fingerprint density at radius 1 is 0.263 bits per heavy atom. The summed E-state index contributed by atoms with van der Waals surface area (Å²) < 4.78 is 17.0. The minimum absolute atomic E-state index is 0.0693. The van der Waals surface area contributed by atoms with Crippen molar-refractivity contribution in [2.24, 2.45) is 0 Å². The van der Waals surface area contributed by atoms with Crippen LogP contribution in [-0.4, -0.2) is 37.2 Å². The number of carbonyl (C=O) groups excluding carboxylic acids is 3. The van der Waals surface area contributed by atoms with Gasteiger partial charge in [0.25, 0.3) is 0 Å². The maximum atomic E-state index is 12.9. The Balaban J connectivity index is 4.12. The standard InChI is InChI=1S/C74H136O6/c1-4-7-10-13-16-19-22-24-26-28-30-32-34-35-36-37-38-39-41-42-44-46-48-50-52-55-58-61-64-67-73(76)79-70-71(69-78-72(75)66-63-60-57-54-21-18-15-12-9-6-3)80-74(77)68-65-62-59-56-53-51-49-47-45-43-40-33-31-29-27-25-23-20-17-14-11-8-5-2/h8,11,17,20,25,27,31,33,71H,4-7,9-10,12-16,18-19,21-24,26,28-30,32,34-70H2,1-3H3/b11-8-,20-17-,27-25-,33-31-. The van der Waals surface area contributed by atoms with Crippen molar-refractivity contribution in [1.82, 2.24) is 0 Å². The molecule has 1 unspecified atom stereocenters. The van der Waals surface area contributed by atoms with Gasteiger partial charge in [-0.3, -0.25) is 14.4 Å². The van der Waals surface area contributed by atoms with Crippen LogP contribution in [0.25, 0.3) is 0 Å². The third-order valence-electron chi connectivity index (χ3n) is 16.1. The summed E-state index contributed by atoms with van der Waals surface area (Å²) in [6.07, 6.45) is 87.3. The molecule has 0 aliphatic heterocycles. The van der Waals surface area contributed by atoms with Crippen molar-refractivity contribution >= 4 is 17.9 Å². The molecule has 1 atom stereocenters. The third kappa shape index (κ3) is 66.2. The molecule has 468 valence electrons. The number of carbonyl (C=O) groups is 3. The Kier molecular flexibility index (Phi) is 66.6. The smallest absolute Gasteiger partial charge is 0.306 e. The van der Waals surface area contributed by atoms with Gasteiger partial charge in [-0.25, -0.2) is 0 Å². The van der Waals surface area contributed by atoms with E-state index in [1.54, 1.807) is 0 Å². The predicted molar refractivity (Wildman–Crippen MR) is 349 cm³/mol. The van der Waals surface area contributed by atoms with Crippen LogP contribution in [0, 0.1) is 0 Å². The first-order valence-electron chi connectivity index (χ1n) is 35.6. The SMILES string of the molecule is CC/C=C\C/C=C\C/C=C\C/C=C\CCCCCCCCCCCCC(=O)OC(COC(=O)CCCCCCCCCCCC)COC(=O)CCCCCCCCCCCCCCCCCCCCCCCCCCCCCCC. The summed E-state index contributed by atoms with van der Waals surface area (Å²) in [6, 6.07) is 0. The van der Waals surface area contributed by atoms with Gasteiger partial charge in [0.15, 0.2) is 6.10 Å². The van der Waals surface area contributed by atoms with Crippen LogP contribution in [0.2, 0.25) is 0 Å². The Bertz CT molecular complexity index is 1380. The van der Waals surface area contributed by atoms with Gasteiger partial charge in [-0.2, -0.15) is 0 Å². The van der Waals surface area contributed by atoms with E-state index in [1.165, 1.54) is 263 Å². The van der Waals surface area contributed by atoms with Crippen LogP contribution in [0.1, 0.15) is 387 Å².